The second-order valence-electron chi connectivity index (χ2n) is 7.62. The van der Waals surface area contributed by atoms with Crippen LogP contribution in [0.3, 0.4) is 0 Å². The van der Waals surface area contributed by atoms with Crippen LogP contribution in [0.4, 0.5) is 0 Å². The maximum atomic E-state index is 12.2. The molecular weight excluding hydrogens is 358 g/mol. The Morgan fingerprint density at radius 1 is 1.25 bits per heavy atom. The van der Waals surface area contributed by atoms with Crippen molar-refractivity contribution in [3.05, 3.63) is 17.1 Å². The van der Waals surface area contributed by atoms with Gasteiger partial charge in [-0.3, -0.25) is 14.9 Å². The van der Waals surface area contributed by atoms with Gasteiger partial charge in [-0.15, -0.1) is 4.91 Å². The molecule has 1 aliphatic rings. The Balaban J connectivity index is 0.00000165. The minimum absolute atomic E-state index is 0.0556. The molecule has 0 aromatic heterocycles. The Bertz CT molecular complexity index is 461. The highest BCUT2D eigenvalue weighted by Gasteiger charge is 2.34. The van der Waals surface area contributed by atoms with Crippen molar-refractivity contribution in [3.63, 3.8) is 0 Å². The van der Waals surface area contributed by atoms with E-state index in [1.54, 1.807) is 12.1 Å². The highest BCUT2D eigenvalue weighted by Crippen LogP contribution is 2.32. The van der Waals surface area contributed by atoms with E-state index in [2.05, 4.69) is 38.2 Å². The van der Waals surface area contributed by atoms with E-state index in [-0.39, 0.29) is 6.41 Å². The summed E-state index contributed by atoms with van der Waals surface area (Å²) in [6.45, 7) is 8.97. The highest BCUT2D eigenvalue weighted by atomic mass is 16.3. The molecule has 162 valence electrons. The van der Waals surface area contributed by atoms with Gasteiger partial charge in [-0.1, -0.05) is 31.9 Å². The predicted molar refractivity (Wildman–Crippen MR) is 113 cm³/mol. The molecule has 1 fully saturated rings. The van der Waals surface area contributed by atoms with Crippen molar-refractivity contribution in [3.8, 4) is 0 Å². The standard InChI is InChI=1S/C20H38N2O2.CHNO2/c1-5-14-22(16(2)3)20(24)13-11-9-7-6-8-10-12-18-15-19(18)21-17(4)23;3-1-2-4/h10,12,16-19,21,23H,5-9,11,13-15H2,1-4H3;1H/b12-10-;/t17?,18-,19?;/m1./s1. The van der Waals surface area contributed by atoms with Gasteiger partial charge in [0.15, 0.2) is 0 Å². The number of aliphatic hydroxyl groups is 1. The van der Waals surface area contributed by atoms with E-state index in [9.17, 15) is 9.90 Å². The molecule has 1 aliphatic carbocycles. The number of unbranched alkanes of at least 4 members (excludes halogenated alkanes) is 4. The van der Waals surface area contributed by atoms with Gasteiger partial charge in [-0.25, -0.2) is 0 Å². The summed E-state index contributed by atoms with van der Waals surface area (Å²) in [5.41, 5.74) is 0. The lowest BCUT2D eigenvalue weighted by Crippen LogP contribution is -2.37. The third-order valence-electron chi connectivity index (χ3n) is 4.64. The molecule has 28 heavy (non-hydrogen) atoms. The van der Waals surface area contributed by atoms with Crippen molar-refractivity contribution < 1.29 is 14.7 Å². The van der Waals surface area contributed by atoms with Gasteiger partial charge in [0.05, 0.1) is 0 Å². The summed E-state index contributed by atoms with van der Waals surface area (Å²) in [7, 11) is 0. The van der Waals surface area contributed by atoms with Crippen LogP contribution in [0.25, 0.3) is 0 Å². The summed E-state index contributed by atoms with van der Waals surface area (Å²) >= 11 is 0. The average molecular weight is 398 g/mol. The smallest absolute Gasteiger partial charge is 0.274 e. The number of aliphatic hydroxyl groups excluding tert-OH is 1. The Labute approximate surface area is 169 Å². The summed E-state index contributed by atoms with van der Waals surface area (Å²) in [6, 6.07) is 0.788. The predicted octanol–water partition coefficient (Wildman–Crippen LogP) is 3.76. The molecule has 2 amide bonds. The van der Waals surface area contributed by atoms with Gasteiger partial charge in [0.1, 0.15) is 6.23 Å². The van der Waals surface area contributed by atoms with E-state index in [0.717, 1.165) is 38.6 Å². The molecule has 7 nitrogen and oxygen atoms in total. The van der Waals surface area contributed by atoms with Crippen molar-refractivity contribution >= 4 is 12.3 Å². The molecule has 0 aromatic rings. The van der Waals surface area contributed by atoms with Crippen LogP contribution >= 0.6 is 0 Å². The second-order valence-corrected chi connectivity index (χ2v) is 7.62. The molecular formula is C21H39N3O4. The molecule has 2 N–H and O–H groups in total. The molecule has 2 unspecified atom stereocenters. The molecule has 3 atom stereocenters. The van der Waals surface area contributed by atoms with E-state index in [1.807, 2.05) is 4.90 Å². The first-order valence-electron chi connectivity index (χ1n) is 10.5. The third-order valence-corrected chi connectivity index (χ3v) is 4.64. The highest BCUT2D eigenvalue weighted by molar-refractivity contribution is 5.76. The van der Waals surface area contributed by atoms with Gasteiger partial charge in [-0.2, -0.15) is 0 Å². The summed E-state index contributed by atoms with van der Waals surface area (Å²) in [5, 5.41) is 14.2. The zero-order valence-electron chi connectivity index (χ0n) is 18.0. The molecule has 0 spiro atoms. The molecule has 0 aromatic carbocycles. The Morgan fingerprint density at radius 3 is 2.43 bits per heavy atom. The summed E-state index contributed by atoms with van der Waals surface area (Å²) < 4.78 is 0. The summed E-state index contributed by atoms with van der Waals surface area (Å²) in [5.74, 6) is 0.926. The van der Waals surface area contributed by atoms with Gasteiger partial charge < -0.3 is 10.0 Å². The lowest BCUT2D eigenvalue weighted by atomic mass is 10.1. The number of rotatable bonds is 14. The number of carbonyl (C=O) groups excluding carboxylic acids is 2. The fourth-order valence-corrected chi connectivity index (χ4v) is 3.15. The van der Waals surface area contributed by atoms with Crippen LogP contribution in [0.2, 0.25) is 0 Å². The van der Waals surface area contributed by atoms with Crippen molar-refractivity contribution in [1.29, 1.82) is 0 Å². The third kappa shape index (κ3) is 13.6. The van der Waals surface area contributed by atoms with Gasteiger partial charge in [-0.05, 0) is 58.8 Å². The average Bonchev–Trinajstić information content (AvgIpc) is 3.38. The molecule has 0 heterocycles. The molecule has 0 radical (unpaired) electrons. The van der Waals surface area contributed by atoms with E-state index in [0.29, 0.717) is 30.3 Å². The van der Waals surface area contributed by atoms with Crippen molar-refractivity contribution in [2.75, 3.05) is 6.54 Å². The van der Waals surface area contributed by atoms with E-state index < -0.39 is 6.23 Å². The fourth-order valence-electron chi connectivity index (χ4n) is 3.15. The molecule has 0 saturated heterocycles. The normalized spacial score (nSPS) is 19.1. The maximum Gasteiger partial charge on any atom is 0.274 e. The Kier molecular flexibility index (Phi) is 15.4. The summed E-state index contributed by atoms with van der Waals surface area (Å²) in [4.78, 5) is 31.4. The van der Waals surface area contributed by atoms with Crippen LogP contribution in [-0.2, 0) is 9.59 Å². The largest absolute Gasteiger partial charge is 0.379 e. The first kappa shape index (κ1) is 26.4. The zero-order chi connectivity index (χ0) is 21.4. The van der Waals surface area contributed by atoms with E-state index >= 15 is 0 Å². The lowest BCUT2D eigenvalue weighted by Gasteiger charge is -2.26. The monoisotopic (exact) mass is 397 g/mol. The van der Waals surface area contributed by atoms with Crippen LogP contribution in [-0.4, -0.2) is 47.2 Å². The molecule has 0 bridgehead atoms. The lowest BCUT2D eigenvalue weighted by molar-refractivity contribution is -0.133. The van der Waals surface area contributed by atoms with Crippen LogP contribution in [0, 0.1) is 10.8 Å². The van der Waals surface area contributed by atoms with Gasteiger partial charge in [0.25, 0.3) is 6.41 Å². The van der Waals surface area contributed by atoms with Gasteiger partial charge in [0, 0.05) is 30.2 Å². The van der Waals surface area contributed by atoms with Crippen molar-refractivity contribution in [2.45, 2.75) is 97.4 Å². The second kappa shape index (κ2) is 16.4. The number of carbonyl (C=O) groups is 2. The van der Waals surface area contributed by atoms with Gasteiger partial charge >= 0.3 is 0 Å². The van der Waals surface area contributed by atoms with Crippen molar-refractivity contribution in [1.82, 2.24) is 10.2 Å². The minimum atomic E-state index is -0.403. The number of allylic oxidation sites excluding steroid dienone is 1. The molecule has 0 aliphatic heterocycles. The number of nitrogens with zero attached hydrogens (tertiary/aromatic N) is 2. The first-order chi connectivity index (χ1) is 13.4. The van der Waals surface area contributed by atoms with Crippen LogP contribution in [0.1, 0.15) is 79.1 Å². The zero-order valence-corrected chi connectivity index (χ0v) is 18.0. The molecule has 7 heteroatoms. The fraction of sp³-hybridized carbons (Fsp3) is 0.810. The summed E-state index contributed by atoms with van der Waals surface area (Å²) in [6.07, 6.45) is 12.7. The van der Waals surface area contributed by atoms with Crippen LogP contribution in [0.5, 0.6) is 0 Å². The minimum Gasteiger partial charge on any atom is -0.379 e. The number of nitroso groups, excluding NO2 is 1. The number of hydrogen-bond acceptors (Lipinski definition) is 5. The van der Waals surface area contributed by atoms with Crippen molar-refractivity contribution in [2.24, 2.45) is 11.1 Å². The Hall–Kier alpha value is -1.60. The van der Waals surface area contributed by atoms with Gasteiger partial charge in [0.2, 0.25) is 5.91 Å². The van der Waals surface area contributed by atoms with E-state index in [4.69, 9.17) is 9.70 Å². The SMILES string of the molecule is CCCN(C(=O)CCCCCC/C=C\[C@@H]1CC1NC(C)O)C(C)C.O=CN=O. The van der Waals surface area contributed by atoms with Crippen LogP contribution < -0.4 is 5.32 Å². The molecule has 1 saturated carbocycles. The Morgan fingerprint density at radius 2 is 1.89 bits per heavy atom. The molecule has 1 rings (SSSR count). The first-order valence-corrected chi connectivity index (χ1v) is 10.5. The maximum absolute atomic E-state index is 12.2. The number of hydrogen-bond donors (Lipinski definition) is 2. The number of nitrogens with one attached hydrogen (secondary N) is 1. The van der Waals surface area contributed by atoms with E-state index in [1.165, 1.54) is 12.8 Å². The topological polar surface area (TPSA) is 99.1 Å². The quantitative estimate of drug-likeness (QED) is 0.153. The number of amides is 2. The van der Waals surface area contributed by atoms with Crippen LogP contribution in [0.15, 0.2) is 17.3 Å².